The Kier molecular flexibility index (Phi) is 2.88. The van der Waals surface area contributed by atoms with Crippen molar-refractivity contribution in [2.45, 2.75) is 19.3 Å². The van der Waals surface area contributed by atoms with Crippen LogP contribution >= 0.6 is 0 Å². The van der Waals surface area contributed by atoms with Crippen molar-refractivity contribution >= 4 is 11.5 Å². The van der Waals surface area contributed by atoms with Crippen LogP contribution in [0.4, 0.5) is 11.5 Å². The minimum Gasteiger partial charge on any atom is -0.463 e. The van der Waals surface area contributed by atoms with Crippen molar-refractivity contribution < 1.29 is 4.42 Å². The molecule has 1 fully saturated rings. The lowest BCUT2D eigenvalue weighted by atomic mass is 10.1. The van der Waals surface area contributed by atoms with Crippen LogP contribution in [0.25, 0.3) is 11.5 Å². The third-order valence-corrected chi connectivity index (χ3v) is 3.27. The molecule has 0 aromatic carbocycles. The van der Waals surface area contributed by atoms with Gasteiger partial charge in [0.2, 0.25) is 0 Å². The fourth-order valence-corrected chi connectivity index (χ4v) is 2.32. The lowest BCUT2D eigenvalue weighted by Crippen LogP contribution is -2.30. The highest BCUT2D eigenvalue weighted by Gasteiger charge is 2.16. The number of hydrogen-bond donors (Lipinski definition) is 1. The van der Waals surface area contributed by atoms with Gasteiger partial charge in [-0.1, -0.05) is 0 Å². The average Bonchev–Trinajstić information content (AvgIpc) is 2.94. The van der Waals surface area contributed by atoms with Gasteiger partial charge < -0.3 is 15.1 Å². The van der Waals surface area contributed by atoms with Gasteiger partial charge in [0.1, 0.15) is 5.69 Å². The molecule has 5 nitrogen and oxygen atoms in total. The molecule has 3 rings (SSSR count). The number of hydrogen-bond acceptors (Lipinski definition) is 5. The maximum absolute atomic E-state index is 5.93. The molecule has 0 spiro atoms. The molecule has 2 aromatic heterocycles. The van der Waals surface area contributed by atoms with Gasteiger partial charge in [-0.2, -0.15) is 0 Å². The zero-order chi connectivity index (χ0) is 12.4. The van der Waals surface area contributed by atoms with Crippen molar-refractivity contribution in [2.24, 2.45) is 0 Å². The lowest BCUT2D eigenvalue weighted by molar-refractivity contribution is 0.573. The summed E-state index contributed by atoms with van der Waals surface area (Å²) in [7, 11) is 0. The highest BCUT2D eigenvalue weighted by Crippen LogP contribution is 2.28. The summed E-state index contributed by atoms with van der Waals surface area (Å²) in [6.45, 7) is 2.07. The summed E-state index contributed by atoms with van der Waals surface area (Å²) in [4.78, 5) is 2.28. The van der Waals surface area contributed by atoms with E-state index in [9.17, 15) is 0 Å². The number of piperidine rings is 1. The Bertz CT molecular complexity index is 518. The van der Waals surface area contributed by atoms with E-state index in [0.29, 0.717) is 5.82 Å². The van der Waals surface area contributed by atoms with Crippen LogP contribution in [0.15, 0.2) is 28.9 Å². The number of anilines is 2. The van der Waals surface area contributed by atoms with Gasteiger partial charge in [0.05, 0.1) is 12.0 Å². The number of nitrogens with zero attached hydrogens (tertiary/aromatic N) is 3. The zero-order valence-electron chi connectivity index (χ0n) is 10.2. The molecule has 0 atom stereocenters. The van der Waals surface area contributed by atoms with Crippen molar-refractivity contribution in [1.29, 1.82) is 0 Å². The summed E-state index contributed by atoms with van der Waals surface area (Å²) in [5, 5.41) is 8.12. The Balaban J connectivity index is 1.95. The Labute approximate surface area is 106 Å². The second-order valence-corrected chi connectivity index (χ2v) is 4.53. The van der Waals surface area contributed by atoms with E-state index in [0.717, 1.165) is 30.2 Å². The normalized spacial score (nSPS) is 15.9. The summed E-state index contributed by atoms with van der Waals surface area (Å²) in [6.07, 6.45) is 5.34. The van der Waals surface area contributed by atoms with Crippen LogP contribution in [-0.2, 0) is 0 Å². The van der Waals surface area contributed by atoms with E-state index in [-0.39, 0.29) is 0 Å². The fourth-order valence-electron chi connectivity index (χ4n) is 2.32. The predicted octanol–water partition coefficient (Wildman–Crippen LogP) is 2.31. The van der Waals surface area contributed by atoms with Crippen LogP contribution in [0.5, 0.6) is 0 Å². The number of furan rings is 1. The molecule has 1 saturated heterocycles. The van der Waals surface area contributed by atoms with Crippen LogP contribution < -0.4 is 10.6 Å². The standard InChI is InChI=1S/C13H16N4O/c14-13-11(17-6-2-1-3-7-17)9-10(15-16-13)12-5-4-8-18-12/h4-5,8-9H,1-3,6-7H2,(H2,14,16). The van der Waals surface area contributed by atoms with E-state index in [2.05, 4.69) is 15.1 Å². The van der Waals surface area contributed by atoms with Gasteiger partial charge in [-0.05, 0) is 37.5 Å². The molecule has 2 aromatic rings. The second-order valence-electron chi connectivity index (χ2n) is 4.53. The third-order valence-electron chi connectivity index (χ3n) is 3.27. The molecule has 3 heterocycles. The highest BCUT2D eigenvalue weighted by atomic mass is 16.3. The minimum atomic E-state index is 0.493. The summed E-state index contributed by atoms with van der Waals surface area (Å²) < 4.78 is 5.34. The van der Waals surface area contributed by atoms with Gasteiger partial charge >= 0.3 is 0 Å². The molecule has 0 bridgehead atoms. The third kappa shape index (κ3) is 2.03. The smallest absolute Gasteiger partial charge is 0.169 e. The number of rotatable bonds is 2. The van der Waals surface area contributed by atoms with Gasteiger partial charge in [-0.3, -0.25) is 0 Å². The molecule has 0 radical (unpaired) electrons. The van der Waals surface area contributed by atoms with Gasteiger partial charge in [0.25, 0.3) is 0 Å². The van der Waals surface area contributed by atoms with E-state index >= 15 is 0 Å². The maximum atomic E-state index is 5.93. The van der Waals surface area contributed by atoms with E-state index < -0.39 is 0 Å². The molecule has 94 valence electrons. The summed E-state index contributed by atoms with van der Waals surface area (Å²) in [6, 6.07) is 5.68. The lowest BCUT2D eigenvalue weighted by Gasteiger charge is -2.29. The molecular weight excluding hydrogens is 228 g/mol. The monoisotopic (exact) mass is 244 g/mol. The van der Waals surface area contributed by atoms with Crippen molar-refractivity contribution in [3.8, 4) is 11.5 Å². The summed E-state index contributed by atoms with van der Waals surface area (Å²) >= 11 is 0. The molecule has 0 amide bonds. The van der Waals surface area contributed by atoms with E-state index in [1.165, 1.54) is 19.3 Å². The topological polar surface area (TPSA) is 68.2 Å². The first-order valence-corrected chi connectivity index (χ1v) is 6.26. The van der Waals surface area contributed by atoms with Gasteiger partial charge in [-0.15, -0.1) is 10.2 Å². The van der Waals surface area contributed by atoms with Crippen LogP contribution in [0, 0.1) is 0 Å². The van der Waals surface area contributed by atoms with Crippen molar-refractivity contribution in [3.05, 3.63) is 24.5 Å². The molecule has 2 N–H and O–H groups in total. The highest BCUT2D eigenvalue weighted by molar-refractivity contribution is 5.69. The van der Waals surface area contributed by atoms with Crippen molar-refractivity contribution in [2.75, 3.05) is 23.7 Å². The van der Waals surface area contributed by atoms with Gasteiger partial charge in [-0.25, -0.2) is 0 Å². The maximum Gasteiger partial charge on any atom is 0.169 e. The Morgan fingerprint density at radius 2 is 2.00 bits per heavy atom. The first kappa shape index (κ1) is 11.1. The van der Waals surface area contributed by atoms with Gasteiger partial charge in [0.15, 0.2) is 11.6 Å². The summed E-state index contributed by atoms with van der Waals surface area (Å²) in [5.41, 5.74) is 7.63. The molecular formula is C13H16N4O. The molecule has 0 aliphatic carbocycles. The van der Waals surface area contributed by atoms with E-state index in [1.807, 2.05) is 18.2 Å². The second kappa shape index (κ2) is 4.68. The molecule has 1 aliphatic rings. The van der Waals surface area contributed by atoms with Crippen LogP contribution in [-0.4, -0.2) is 23.3 Å². The van der Waals surface area contributed by atoms with E-state index in [1.54, 1.807) is 6.26 Å². The molecule has 0 unspecified atom stereocenters. The average molecular weight is 244 g/mol. The molecule has 18 heavy (non-hydrogen) atoms. The first-order valence-electron chi connectivity index (χ1n) is 6.26. The quantitative estimate of drug-likeness (QED) is 0.878. The van der Waals surface area contributed by atoms with Crippen LogP contribution in [0.2, 0.25) is 0 Å². The summed E-state index contributed by atoms with van der Waals surface area (Å²) in [5.74, 6) is 1.22. The van der Waals surface area contributed by atoms with E-state index in [4.69, 9.17) is 10.2 Å². The fraction of sp³-hybridized carbons (Fsp3) is 0.385. The molecule has 1 aliphatic heterocycles. The number of nitrogen functional groups attached to an aromatic ring is 1. The largest absolute Gasteiger partial charge is 0.463 e. The zero-order valence-corrected chi connectivity index (χ0v) is 10.2. The Morgan fingerprint density at radius 3 is 2.72 bits per heavy atom. The van der Waals surface area contributed by atoms with Crippen molar-refractivity contribution in [3.63, 3.8) is 0 Å². The molecule has 5 heteroatoms. The number of nitrogens with two attached hydrogens (primary N) is 1. The first-order chi connectivity index (χ1) is 8.84. The van der Waals surface area contributed by atoms with Gasteiger partial charge in [0, 0.05) is 13.1 Å². The molecule has 0 saturated carbocycles. The van der Waals surface area contributed by atoms with Crippen LogP contribution in [0.3, 0.4) is 0 Å². The Morgan fingerprint density at radius 1 is 1.17 bits per heavy atom. The van der Waals surface area contributed by atoms with Crippen LogP contribution in [0.1, 0.15) is 19.3 Å². The van der Waals surface area contributed by atoms with Crippen molar-refractivity contribution in [1.82, 2.24) is 10.2 Å². The SMILES string of the molecule is Nc1nnc(-c2ccco2)cc1N1CCCCC1. The Hall–Kier alpha value is -2.04. The predicted molar refractivity (Wildman–Crippen MR) is 70.2 cm³/mol. The number of aromatic nitrogens is 2. The minimum absolute atomic E-state index is 0.493.